The van der Waals surface area contributed by atoms with Gasteiger partial charge in [0.1, 0.15) is 0 Å². The molecular formula is C11H14BrN3O3S. The van der Waals surface area contributed by atoms with Gasteiger partial charge in [0.15, 0.2) is 0 Å². The van der Waals surface area contributed by atoms with Gasteiger partial charge in [-0.15, -0.1) is 0 Å². The van der Waals surface area contributed by atoms with Crippen LogP contribution in [0.15, 0.2) is 27.6 Å². The van der Waals surface area contributed by atoms with Gasteiger partial charge in [-0.3, -0.25) is 4.79 Å². The number of nitrogens with zero attached hydrogens (tertiary/aromatic N) is 1. The van der Waals surface area contributed by atoms with Crippen molar-refractivity contribution in [3.63, 3.8) is 0 Å². The molecule has 6 nitrogen and oxygen atoms in total. The van der Waals surface area contributed by atoms with Crippen LogP contribution in [-0.2, 0) is 14.8 Å². The normalized spacial score (nSPS) is 17.8. The Labute approximate surface area is 120 Å². The average molecular weight is 348 g/mol. The molecule has 3 N–H and O–H groups in total. The molecule has 0 saturated carbocycles. The van der Waals surface area contributed by atoms with E-state index in [1.54, 1.807) is 0 Å². The Morgan fingerprint density at radius 2 is 2.11 bits per heavy atom. The molecule has 19 heavy (non-hydrogen) atoms. The summed E-state index contributed by atoms with van der Waals surface area (Å²) in [6.07, 6.45) is 0.595. The Hall–Kier alpha value is -1.12. The van der Waals surface area contributed by atoms with Crippen LogP contribution in [0.3, 0.4) is 0 Å². The molecule has 0 bridgehead atoms. The second kappa shape index (κ2) is 5.48. The highest BCUT2D eigenvalue weighted by atomic mass is 79.9. The highest BCUT2D eigenvalue weighted by Gasteiger charge is 2.29. The Bertz CT molecular complexity index is 603. The van der Waals surface area contributed by atoms with Gasteiger partial charge in [-0.25, -0.2) is 8.42 Å². The molecule has 8 heteroatoms. The fourth-order valence-corrected chi connectivity index (χ4v) is 4.34. The SMILES string of the molecule is Nc1ccc(S(=O)(=O)N2CCCNC(=O)C2)c(Br)c1. The van der Waals surface area contributed by atoms with E-state index in [0.29, 0.717) is 29.7 Å². The molecule has 1 aromatic carbocycles. The van der Waals surface area contributed by atoms with Gasteiger partial charge in [-0.05, 0) is 40.5 Å². The summed E-state index contributed by atoms with van der Waals surface area (Å²) in [7, 11) is -3.70. The van der Waals surface area contributed by atoms with E-state index in [1.807, 2.05) is 0 Å². The second-order valence-corrected chi connectivity index (χ2v) is 6.99. The lowest BCUT2D eigenvalue weighted by Crippen LogP contribution is -2.37. The predicted octanol–water partition coefficient (Wildman–Crippen LogP) is 0.542. The molecule has 1 aromatic rings. The number of halogens is 1. The number of nitrogen functional groups attached to an aromatic ring is 1. The lowest BCUT2D eigenvalue weighted by atomic mass is 10.3. The largest absolute Gasteiger partial charge is 0.399 e. The number of hydrogen-bond donors (Lipinski definition) is 2. The summed E-state index contributed by atoms with van der Waals surface area (Å²) >= 11 is 3.20. The van der Waals surface area contributed by atoms with E-state index in [1.165, 1.54) is 22.5 Å². The molecule has 0 spiro atoms. The molecule has 1 aliphatic heterocycles. The van der Waals surface area contributed by atoms with Gasteiger partial charge in [-0.2, -0.15) is 4.31 Å². The Balaban J connectivity index is 2.38. The van der Waals surface area contributed by atoms with Crippen molar-refractivity contribution in [1.29, 1.82) is 0 Å². The summed E-state index contributed by atoms with van der Waals surface area (Å²) in [5.41, 5.74) is 6.07. The van der Waals surface area contributed by atoms with E-state index in [4.69, 9.17) is 5.73 Å². The summed E-state index contributed by atoms with van der Waals surface area (Å²) < 4.78 is 26.6. The van der Waals surface area contributed by atoms with E-state index < -0.39 is 10.0 Å². The zero-order chi connectivity index (χ0) is 14.0. The maximum atomic E-state index is 12.5. The number of hydrogen-bond acceptors (Lipinski definition) is 4. The lowest BCUT2D eigenvalue weighted by Gasteiger charge is -2.19. The Morgan fingerprint density at radius 3 is 2.79 bits per heavy atom. The van der Waals surface area contributed by atoms with Crippen molar-refractivity contribution in [3.8, 4) is 0 Å². The van der Waals surface area contributed by atoms with Crippen molar-refractivity contribution in [2.45, 2.75) is 11.3 Å². The molecule has 1 amide bonds. The molecule has 0 atom stereocenters. The molecule has 1 heterocycles. The Kier molecular flexibility index (Phi) is 4.12. The van der Waals surface area contributed by atoms with Crippen LogP contribution in [-0.4, -0.2) is 38.3 Å². The molecule has 0 unspecified atom stereocenters. The topological polar surface area (TPSA) is 92.5 Å². The minimum absolute atomic E-state index is 0.122. The van der Waals surface area contributed by atoms with Gasteiger partial charge in [0.05, 0.1) is 11.4 Å². The first kappa shape index (κ1) is 14.3. The second-order valence-electron chi connectivity index (χ2n) is 4.23. The summed E-state index contributed by atoms with van der Waals surface area (Å²) in [4.78, 5) is 11.6. The van der Waals surface area contributed by atoms with Crippen LogP contribution >= 0.6 is 15.9 Å². The van der Waals surface area contributed by atoms with Gasteiger partial charge in [0.25, 0.3) is 0 Å². The van der Waals surface area contributed by atoms with E-state index in [9.17, 15) is 13.2 Å². The van der Waals surface area contributed by atoms with Crippen LogP contribution in [0.5, 0.6) is 0 Å². The number of sulfonamides is 1. The number of carbonyl (C=O) groups excluding carboxylic acids is 1. The third-order valence-corrected chi connectivity index (χ3v) is 5.62. The standard InChI is InChI=1S/C11H14BrN3O3S/c12-9-6-8(13)2-3-10(9)19(17,18)15-5-1-4-14-11(16)7-15/h2-3,6H,1,4-5,7,13H2,(H,14,16). The molecule has 0 radical (unpaired) electrons. The number of amides is 1. The van der Waals surface area contributed by atoms with Crippen molar-refractivity contribution < 1.29 is 13.2 Å². The number of nitrogens with one attached hydrogen (secondary N) is 1. The van der Waals surface area contributed by atoms with Crippen molar-refractivity contribution in [2.75, 3.05) is 25.4 Å². The quantitative estimate of drug-likeness (QED) is 0.763. The van der Waals surface area contributed by atoms with Gasteiger partial charge in [0.2, 0.25) is 15.9 Å². The maximum Gasteiger partial charge on any atom is 0.244 e. The smallest absolute Gasteiger partial charge is 0.244 e. The molecule has 2 rings (SSSR count). The van der Waals surface area contributed by atoms with Crippen molar-refractivity contribution >= 4 is 37.5 Å². The van der Waals surface area contributed by atoms with Gasteiger partial charge in [0, 0.05) is 23.2 Å². The highest BCUT2D eigenvalue weighted by Crippen LogP contribution is 2.27. The maximum absolute atomic E-state index is 12.5. The molecule has 1 fully saturated rings. The molecule has 1 aliphatic rings. The van der Waals surface area contributed by atoms with Crippen molar-refractivity contribution in [3.05, 3.63) is 22.7 Å². The summed E-state index contributed by atoms with van der Waals surface area (Å²) in [5, 5.41) is 2.65. The molecule has 1 saturated heterocycles. The predicted molar refractivity (Wildman–Crippen MR) is 74.9 cm³/mol. The van der Waals surface area contributed by atoms with Gasteiger partial charge >= 0.3 is 0 Å². The molecular weight excluding hydrogens is 334 g/mol. The number of benzene rings is 1. The molecule has 104 valence electrons. The van der Waals surface area contributed by atoms with Crippen molar-refractivity contribution in [2.24, 2.45) is 0 Å². The lowest BCUT2D eigenvalue weighted by molar-refractivity contribution is -0.120. The van der Waals surface area contributed by atoms with Crippen LogP contribution in [0.1, 0.15) is 6.42 Å². The first-order valence-corrected chi connectivity index (χ1v) is 7.96. The number of rotatable bonds is 2. The van der Waals surface area contributed by atoms with Crippen LogP contribution in [0.25, 0.3) is 0 Å². The third kappa shape index (κ3) is 3.07. The molecule has 0 aromatic heterocycles. The first-order valence-electron chi connectivity index (χ1n) is 5.73. The first-order chi connectivity index (χ1) is 8.91. The zero-order valence-electron chi connectivity index (χ0n) is 10.1. The number of nitrogens with two attached hydrogens (primary N) is 1. The van der Waals surface area contributed by atoms with E-state index >= 15 is 0 Å². The van der Waals surface area contributed by atoms with E-state index in [0.717, 1.165) is 0 Å². The average Bonchev–Trinajstić information content (AvgIpc) is 2.53. The zero-order valence-corrected chi connectivity index (χ0v) is 12.5. The fourth-order valence-electron chi connectivity index (χ4n) is 1.85. The summed E-state index contributed by atoms with van der Waals surface area (Å²) in [6, 6.07) is 4.50. The minimum atomic E-state index is -3.70. The summed E-state index contributed by atoms with van der Waals surface area (Å²) in [6.45, 7) is 0.658. The minimum Gasteiger partial charge on any atom is -0.399 e. The number of anilines is 1. The Morgan fingerprint density at radius 1 is 1.37 bits per heavy atom. The highest BCUT2D eigenvalue weighted by molar-refractivity contribution is 9.10. The van der Waals surface area contributed by atoms with Gasteiger partial charge in [-0.1, -0.05) is 0 Å². The van der Waals surface area contributed by atoms with E-state index in [-0.39, 0.29) is 17.3 Å². The molecule has 0 aliphatic carbocycles. The summed E-state index contributed by atoms with van der Waals surface area (Å²) in [5.74, 6) is -0.285. The van der Waals surface area contributed by atoms with Crippen LogP contribution in [0, 0.1) is 0 Å². The van der Waals surface area contributed by atoms with Crippen LogP contribution in [0.2, 0.25) is 0 Å². The van der Waals surface area contributed by atoms with Crippen molar-refractivity contribution in [1.82, 2.24) is 9.62 Å². The fraction of sp³-hybridized carbons (Fsp3) is 0.364. The van der Waals surface area contributed by atoms with Crippen LogP contribution < -0.4 is 11.1 Å². The monoisotopic (exact) mass is 347 g/mol. The van der Waals surface area contributed by atoms with Crippen LogP contribution in [0.4, 0.5) is 5.69 Å². The number of carbonyl (C=O) groups is 1. The van der Waals surface area contributed by atoms with E-state index in [2.05, 4.69) is 21.2 Å². The van der Waals surface area contributed by atoms with Gasteiger partial charge < -0.3 is 11.1 Å². The third-order valence-electron chi connectivity index (χ3n) is 2.80.